The molecule has 2 nitrogen and oxygen atoms in total. The molecule has 1 rings (SSSR count). The van der Waals surface area contributed by atoms with Crippen molar-refractivity contribution in [3.05, 3.63) is 22.4 Å². The first kappa shape index (κ1) is 9.71. The zero-order chi connectivity index (χ0) is 8.97. The van der Waals surface area contributed by atoms with E-state index in [1.807, 2.05) is 0 Å². The Balaban J connectivity index is 2.34. The lowest BCUT2D eigenvalue weighted by Crippen LogP contribution is -2.19. The van der Waals surface area contributed by atoms with E-state index in [9.17, 15) is 0 Å². The van der Waals surface area contributed by atoms with Gasteiger partial charge < -0.3 is 10.6 Å². The molecule has 1 atom stereocenters. The van der Waals surface area contributed by atoms with Gasteiger partial charge in [0.25, 0.3) is 0 Å². The van der Waals surface area contributed by atoms with E-state index in [0.717, 1.165) is 13.0 Å². The molecule has 1 aromatic rings. The van der Waals surface area contributed by atoms with E-state index in [-0.39, 0.29) is 6.04 Å². The van der Waals surface area contributed by atoms with E-state index in [1.165, 1.54) is 4.88 Å². The van der Waals surface area contributed by atoms with Crippen LogP contribution < -0.4 is 5.73 Å². The average molecular weight is 184 g/mol. The van der Waals surface area contributed by atoms with E-state index >= 15 is 0 Å². The van der Waals surface area contributed by atoms with Crippen molar-refractivity contribution in [3.8, 4) is 0 Å². The van der Waals surface area contributed by atoms with Gasteiger partial charge in [-0.25, -0.2) is 0 Å². The van der Waals surface area contributed by atoms with Crippen LogP contribution in [0.3, 0.4) is 0 Å². The molecule has 2 N–H and O–H groups in total. The standard InChI is InChI=1S/C9H16N2S/c1-11(2)6-5-8(10)9-4-3-7-12-9/h3-4,7-8H,5-6,10H2,1-2H3. The van der Waals surface area contributed by atoms with E-state index in [0.29, 0.717) is 0 Å². The van der Waals surface area contributed by atoms with Crippen molar-refractivity contribution in [1.82, 2.24) is 4.90 Å². The van der Waals surface area contributed by atoms with Crippen LogP contribution >= 0.6 is 11.3 Å². The molecule has 68 valence electrons. The third-order valence-electron chi connectivity index (χ3n) is 1.80. The molecule has 0 bridgehead atoms. The summed E-state index contributed by atoms with van der Waals surface area (Å²) in [7, 11) is 4.14. The number of nitrogens with zero attached hydrogens (tertiary/aromatic N) is 1. The van der Waals surface area contributed by atoms with Gasteiger partial charge in [0.15, 0.2) is 0 Å². The Labute approximate surface area is 78.0 Å². The predicted octanol–water partition coefficient (Wildman–Crippen LogP) is 1.70. The molecule has 12 heavy (non-hydrogen) atoms. The van der Waals surface area contributed by atoms with Crippen molar-refractivity contribution in [1.29, 1.82) is 0 Å². The van der Waals surface area contributed by atoms with Crippen LogP contribution in [0, 0.1) is 0 Å². The Hall–Kier alpha value is -0.380. The molecule has 0 aliphatic carbocycles. The summed E-state index contributed by atoms with van der Waals surface area (Å²) >= 11 is 1.74. The van der Waals surface area contributed by atoms with Gasteiger partial charge in [0.2, 0.25) is 0 Å². The van der Waals surface area contributed by atoms with Crippen LogP contribution in [-0.2, 0) is 0 Å². The molecule has 0 aromatic carbocycles. The highest BCUT2D eigenvalue weighted by Gasteiger charge is 2.06. The maximum atomic E-state index is 5.97. The first-order valence-corrected chi connectivity index (χ1v) is 5.02. The zero-order valence-electron chi connectivity index (χ0n) is 7.66. The summed E-state index contributed by atoms with van der Waals surface area (Å²) in [6.45, 7) is 1.05. The van der Waals surface area contributed by atoms with Crippen molar-refractivity contribution in [2.45, 2.75) is 12.5 Å². The number of hydrogen-bond donors (Lipinski definition) is 1. The van der Waals surface area contributed by atoms with Gasteiger partial charge in [-0.3, -0.25) is 0 Å². The molecule has 0 amide bonds. The van der Waals surface area contributed by atoms with Crippen molar-refractivity contribution in [3.63, 3.8) is 0 Å². The smallest absolute Gasteiger partial charge is 0.0401 e. The van der Waals surface area contributed by atoms with Gasteiger partial charge >= 0.3 is 0 Å². The first-order chi connectivity index (χ1) is 5.70. The Morgan fingerprint density at radius 2 is 2.33 bits per heavy atom. The summed E-state index contributed by atoms with van der Waals surface area (Å²) in [6, 6.07) is 4.37. The summed E-state index contributed by atoms with van der Waals surface area (Å²) < 4.78 is 0. The highest BCUT2D eigenvalue weighted by molar-refractivity contribution is 7.10. The second kappa shape index (κ2) is 4.60. The molecule has 3 heteroatoms. The topological polar surface area (TPSA) is 29.3 Å². The molecular weight excluding hydrogens is 168 g/mol. The molecule has 0 fully saturated rings. The normalized spacial score (nSPS) is 13.7. The summed E-state index contributed by atoms with van der Waals surface area (Å²) in [5, 5.41) is 2.07. The van der Waals surface area contributed by atoms with Crippen LogP contribution in [0.2, 0.25) is 0 Å². The Morgan fingerprint density at radius 1 is 1.58 bits per heavy atom. The van der Waals surface area contributed by atoms with Gasteiger partial charge in [-0.2, -0.15) is 0 Å². The van der Waals surface area contributed by atoms with Gasteiger partial charge in [-0.05, 0) is 38.5 Å². The van der Waals surface area contributed by atoms with E-state index in [1.54, 1.807) is 11.3 Å². The maximum absolute atomic E-state index is 5.97. The Morgan fingerprint density at radius 3 is 2.83 bits per heavy atom. The third kappa shape index (κ3) is 2.93. The van der Waals surface area contributed by atoms with Crippen molar-refractivity contribution < 1.29 is 0 Å². The van der Waals surface area contributed by atoms with Gasteiger partial charge in [0.05, 0.1) is 0 Å². The fourth-order valence-electron chi connectivity index (χ4n) is 1.04. The highest BCUT2D eigenvalue weighted by Crippen LogP contribution is 2.19. The van der Waals surface area contributed by atoms with Crippen molar-refractivity contribution in [2.24, 2.45) is 5.73 Å². The molecule has 0 saturated carbocycles. The molecule has 1 unspecified atom stereocenters. The molecule has 0 aliphatic heterocycles. The van der Waals surface area contributed by atoms with Crippen molar-refractivity contribution in [2.75, 3.05) is 20.6 Å². The number of nitrogens with two attached hydrogens (primary N) is 1. The Bertz CT molecular complexity index is 206. The monoisotopic (exact) mass is 184 g/mol. The molecule has 0 saturated heterocycles. The second-order valence-electron chi connectivity index (χ2n) is 3.21. The first-order valence-electron chi connectivity index (χ1n) is 4.14. The minimum atomic E-state index is 0.215. The van der Waals surface area contributed by atoms with E-state index in [4.69, 9.17) is 5.73 Å². The molecule has 0 aliphatic rings. The molecule has 0 radical (unpaired) electrons. The van der Waals surface area contributed by atoms with Crippen LogP contribution in [0.5, 0.6) is 0 Å². The molecule has 1 heterocycles. The van der Waals surface area contributed by atoms with Crippen molar-refractivity contribution >= 4 is 11.3 Å². The summed E-state index contributed by atoms with van der Waals surface area (Å²) in [4.78, 5) is 3.45. The maximum Gasteiger partial charge on any atom is 0.0401 e. The van der Waals surface area contributed by atoms with Gasteiger partial charge in [-0.1, -0.05) is 6.07 Å². The fourth-order valence-corrected chi connectivity index (χ4v) is 1.81. The lowest BCUT2D eigenvalue weighted by atomic mass is 10.2. The van der Waals surface area contributed by atoms with Gasteiger partial charge in [-0.15, -0.1) is 11.3 Å². The lowest BCUT2D eigenvalue weighted by molar-refractivity contribution is 0.384. The fraction of sp³-hybridized carbons (Fsp3) is 0.556. The summed E-state index contributed by atoms with van der Waals surface area (Å²) in [6.07, 6.45) is 1.04. The molecule has 1 aromatic heterocycles. The van der Waals surface area contributed by atoms with Crippen LogP contribution in [0.1, 0.15) is 17.3 Å². The zero-order valence-corrected chi connectivity index (χ0v) is 8.47. The van der Waals surface area contributed by atoms with Crippen LogP contribution in [0.25, 0.3) is 0 Å². The lowest BCUT2D eigenvalue weighted by Gasteiger charge is -2.13. The van der Waals surface area contributed by atoms with Crippen LogP contribution in [0.4, 0.5) is 0 Å². The van der Waals surface area contributed by atoms with E-state index < -0.39 is 0 Å². The summed E-state index contributed by atoms with van der Waals surface area (Å²) in [5.74, 6) is 0. The SMILES string of the molecule is CN(C)CCC(N)c1cccs1. The number of hydrogen-bond acceptors (Lipinski definition) is 3. The largest absolute Gasteiger partial charge is 0.323 e. The highest BCUT2D eigenvalue weighted by atomic mass is 32.1. The minimum absolute atomic E-state index is 0.215. The average Bonchev–Trinajstić information content (AvgIpc) is 2.51. The predicted molar refractivity (Wildman–Crippen MR) is 54.4 cm³/mol. The second-order valence-corrected chi connectivity index (χ2v) is 4.19. The third-order valence-corrected chi connectivity index (χ3v) is 2.80. The summed E-state index contributed by atoms with van der Waals surface area (Å²) in [5.41, 5.74) is 5.97. The van der Waals surface area contributed by atoms with Crippen LogP contribution in [0.15, 0.2) is 17.5 Å². The molecule has 0 spiro atoms. The number of thiophene rings is 1. The van der Waals surface area contributed by atoms with Gasteiger partial charge in [0.1, 0.15) is 0 Å². The Kier molecular flexibility index (Phi) is 3.72. The number of rotatable bonds is 4. The van der Waals surface area contributed by atoms with Crippen LogP contribution in [-0.4, -0.2) is 25.5 Å². The van der Waals surface area contributed by atoms with Gasteiger partial charge in [0, 0.05) is 10.9 Å². The minimum Gasteiger partial charge on any atom is -0.323 e. The molecular formula is C9H16N2S. The quantitative estimate of drug-likeness (QED) is 0.771. The van der Waals surface area contributed by atoms with E-state index in [2.05, 4.69) is 36.5 Å².